The fraction of sp³-hybridized carbons (Fsp3) is 0.458. The van der Waals surface area contributed by atoms with Crippen LogP contribution in [0, 0.1) is 23.1 Å². The topological polar surface area (TPSA) is 63.0 Å². The summed E-state index contributed by atoms with van der Waals surface area (Å²) >= 11 is 0. The number of H-pyrrole nitrogens is 1. The van der Waals surface area contributed by atoms with E-state index in [2.05, 4.69) is 35.8 Å². The van der Waals surface area contributed by atoms with Crippen molar-refractivity contribution in [2.75, 3.05) is 0 Å². The molecule has 156 valence electrons. The second-order valence-corrected chi connectivity index (χ2v) is 9.57. The van der Waals surface area contributed by atoms with Crippen LogP contribution in [0.15, 0.2) is 45.6 Å². The lowest BCUT2D eigenvalue weighted by molar-refractivity contribution is 0.295. The highest BCUT2D eigenvalue weighted by atomic mass is 19.1. The number of nitrogens with zero attached hydrogens (tertiary/aromatic N) is 3. The summed E-state index contributed by atoms with van der Waals surface area (Å²) in [6.07, 6.45) is 9.25. The van der Waals surface area contributed by atoms with Crippen LogP contribution in [-0.4, -0.2) is 20.9 Å². The zero-order chi connectivity index (χ0) is 21.0. The summed E-state index contributed by atoms with van der Waals surface area (Å²) in [6.45, 7) is 6.98. The van der Waals surface area contributed by atoms with Crippen LogP contribution in [0.5, 0.6) is 0 Å². The van der Waals surface area contributed by atoms with Crippen LogP contribution in [0.4, 0.5) is 4.39 Å². The van der Waals surface area contributed by atoms with Gasteiger partial charge in [-0.1, -0.05) is 31.9 Å². The molecular formula is C24H27FN4O. The van der Waals surface area contributed by atoms with Crippen LogP contribution >= 0.6 is 0 Å². The Morgan fingerprint density at radius 2 is 2.17 bits per heavy atom. The molecule has 3 aromatic rings. The molecule has 2 heterocycles. The lowest BCUT2D eigenvalue weighted by Gasteiger charge is -2.42. The van der Waals surface area contributed by atoms with Crippen LogP contribution < -0.4 is 5.56 Å². The van der Waals surface area contributed by atoms with Crippen molar-refractivity contribution in [2.24, 2.45) is 22.4 Å². The van der Waals surface area contributed by atoms with Gasteiger partial charge in [0.25, 0.3) is 5.56 Å². The van der Waals surface area contributed by atoms with Crippen LogP contribution in [0.25, 0.3) is 21.9 Å². The normalized spacial score (nSPS) is 24.1. The molecule has 0 unspecified atom stereocenters. The molecule has 2 aromatic heterocycles. The molecule has 0 saturated heterocycles. The van der Waals surface area contributed by atoms with Gasteiger partial charge in [-0.05, 0) is 61.6 Å². The maximum Gasteiger partial charge on any atom is 0.298 e. The van der Waals surface area contributed by atoms with E-state index in [0.717, 1.165) is 12.8 Å². The van der Waals surface area contributed by atoms with Crippen LogP contribution in [0.3, 0.4) is 0 Å². The van der Waals surface area contributed by atoms with Gasteiger partial charge in [-0.15, -0.1) is 0 Å². The van der Waals surface area contributed by atoms with Gasteiger partial charge in [0, 0.05) is 23.0 Å². The summed E-state index contributed by atoms with van der Waals surface area (Å²) in [7, 11) is 0. The van der Waals surface area contributed by atoms with E-state index in [1.807, 2.05) is 6.21 Å². The number of allylic oxidation sites excluding steroid dienone is 2. The third-order valence-corrected chi connectivity index (χ3v) is 7.10. The largest absolute Gasteiger partial charge is 0.349 e. The van der Waals surface area contributed by atoms with Gasteiger partial charge >= 0.3 is 0 Å². The van der Waals surface area contributed by atoms with E-state index in [4.69, 9.17) is 0 Å². The van der Waals surface area contributed by atoms with Crippen LogP contribution in [0.2, 0.25) is 0 Å². The fourth-order valence-electron chi connectivity index (χ4n) is 5.30. The molecule has 6 heteroatoms. The Bertz CT molecular complexity index is 1260. The van der Waals surface area contributed by atoms with Crippen molar-refractivity contribution in [1.82, 2.24) is 14.6 Å². The zero-order valence-electron chi connectivity index (χ0n) is 17.7. The Labute approximate surface area is 174 Å². The first kappa shape index (κ1) is 19.2. The summed E-state index contributed by atoms with van der Waals surface area (Å²) in [5.74, 6) is 0.461. The first-order valence-corrected chi connectivity index (χ1v) is 10.8. The molecule has 5 rings (SSSR count). The second kappa shape index (κ2) is 6.89. The summed E-state index contributed by atoms with van der Waals surface area (Å²) in [5, 5.41) is 5.11. The number of nitrogens with one attached hydrogen (secondary N) is 1. The van der Waals surface area contributed by atoms with Crippen molar-refractivity contribution < 1.29 is 4.39 Å². The maximum atomic E-state index is 13.6. The molecular weight excluding hydrogens is 379 g/mol. The van der Waals surface area contributed by atoms with Gasteiger partial charge in [0.1, 0.15) is 23.2 Å². The zero-order valence-corrected chi connectivity index (χ0v) is 17.7. The summed E-state index contributed by atoms with van der Waals surface area (Å²) in [6, 6.07) is 4.39. The molecule has 0 fully saturated rings. The van der Waals surface area contributed by atoms with E-state index in [-0.39, 0.29) is 16.8 Å². The lowest BCUT2D eigenvalue weighted by atomic mass is 9.63. The van der Waals surface area contributed by atoms with E-state index in [9.17, 15) is 9.18 Å². The summed E-state index contributed by atoms with van der Waals surface area (Å²) in [5.41, 5.74) is 4.76. The van der Waals surface area contributed by atoms with Gasteiger partial charge in [0.05, 0.1) is 0 Å². The lowest BCUT2D eigenvalue weighted by Crippen LogP contribution is -2.30. The predicted molar refractivity (Wildman–Crippen MR) is 118 cm³/mol. The van der Waals surface area contributed by atoms with Crippen molar-refractivity contribution in [3.8, 4) is 0 Å². The molecule has 2 aliphatic carbocycles. The molecule has 0 aliphatic heterocycles. The molecule has 1 N–H and O–H groups in total. The van der Waals surface area contributed by atoms with Crippen molar-refractivity contribution >= 4 is 28.2 Å². The molecule has 2 atom stereocenters. The fourth-order valence-corrected chi connectivity index (χ4v) is 5.30. The molecule has 5 nitrogen and oxygen atoms in total. The van der Waals surface area contributed by atoms with Crippen molar-refractivity contribution in [3.63, 3.8) is 0 Å². The number of aromatic nitrogens is 3. The molecule has 2 aliphatic rings. The van der Waals surface area contributed by atoms with Crippen molar-refractivity contribution in [1.29, 1.82) is 0 Å². The smallest absolute Gasteiger partial charge is 0.298 e. The minimum Gasteiger partial charge on any atom is -0.349 e. The second-order valence-electron chi connectivity index (χ2n) is 9.57. The van der Waals surface area contributed by atoms with Gasteiger partial charge < -0.3 is 4.98 Å². The maximum absolute atomic E-state index is 13.6. The van der Waals surface area contributed by atoms with E-state index in [1.54, 1.807) is 17.2 Å². The van der Waals surface area contributed by atoms with Gasteiger partial charge in [0.15, 0.2) is 0 Å². The molecule has 0 saturated carbocycles. The van der Waals surface area contributed by atoms with E-state index in [1.165, 1.54) is 42.4 Å². The van der Waals surface area contributed by atoms with Gasteiger partial charge in [-0.25, -0.2) is 9.37 Å². The number of halogens is 1. The van der Waals surface area contributed by atoms with Crippen molar-refractivity contribution in [3.05, 3.63) is 51.8 Å². The highest BCUT2D eigenvalue weighted by molar-refractivity contribution is 6.04. The number of benzene rings is 1. The number of hydrogen-bond donors (Lipinski definition) is 1. The highest BCUT2D eigenvalue weighted by Gasteiger charge is 2.36. The Morgan fingerprint density at radius 3 is 3.00 bits per heavy atom. The van der Waals surface area contributed by atoms with Gasteiger partial charge in [-0.3, -0.25) is 4.79 Å². The minimum atomic E-state index is -0.349. The average Bonchev–Trinajstić information content (AvgIpc) is 3.06. The van der Waals surface area contributed by atoms with Gasteiger partial charge in [0.2, 0.25) is 0 Å². The highest BCUT2D eigenvalue weighted by Crippen LogP contribution is 2.48. The minimum absolute atomic E-state index is 0.261. The molecule has 30 heavy (non-hydrogen) atoms. The molecule has 0 bridgehead atoms. The summed E-state index contributed by atoms with van der Waals surface area (Å²) < 4.78 is 14.9. The Morgan fingerprint density at radius 1 is 1.33 bits per heavy atom. The van der Waals surface area contributed by atoms with Crippen LogP contribution in [0.1, 0.15) is 52.9 Å². The first-order valence-electron chi connectivity index (χ1n) is 10.8. The molecule has 0 amide bonds. The Kier molecular flexibility index (Phi) is 4.42. The van der Waals surface area contributed by atoms with E-state index < -0.39 is 0 Å². The predicted octanol–water partition coefficient (Wildman–Crippen LogP) is 5.40. The third kappa shape index (κ3) is 3.09. The standard InChI is InChI=1S/C24H27FN4O/c1-14-9-15-5-4-8-24(2,3)19(15)10-16(14)12-27-29-13-26-21-18-11-17(25)6-7-20(18)28-22(21)23(29)30/h6-7,11-14,16,28H,4-5,8-10H2,1-3H3/b27-12-/t14-,16-/m1/s1. The SMILES string of the molecule is C[C@@H]1CC2=C(C[C@@H]1/C=N\n1cnc3c([nH]c4ccc(F)cc43)c1=O)C(C)(C)CCC2. The quantitative estimate of drug-likeness (QED) is 0.457. The third-order valence-electron chi connectivity index (χ3n) is 7.10. The number of aromatic amines is 1. The molecule has 0 spiro atoms. The Balaban J connectivity index is 1.48. The van der Waals surface area contributed by atoms with E-state index >= 15 is 0 Å². The summed E-state index contributed by atoms with van der Waals surface area (Å²) in [4.78, 5) is 20.4. The molecule has 0 radical (unpaired) electrons. The Hall–Kier alpha value is -2.76. The van der Waals surface area contributed by atoms with Gasteiger partial charge in [-0.2, -0.15) is 9.78 Å². The number of fused-ring (bicyclic) bond motifs is 3. The number of hydrogen-bond acceptors (Lipinski definition) is 3. The molecule has 1 aromatic carbocycles. The average molecular weight is 407 g/mol. The monoisotopic (exact) mass is 406 g/mol. The van der Waals surface area contributed by atoms with Crippen molar-refractivity contribution in [2.45, 2.75) is 52.9 Å². The number of rotatable bonds is 2. The van der Waals surface area contributed by atoms with Crippen LogP contribution in [-0.2, 0) is 0 Å². The van der Waals surface area contributed by atoms with E-state index in [0.29, 0.717) is 33.8 Å². The first-order chi connectivity index (χ1) is 14.3.